The molecule has 0 radical (unpaired) electrons. The zero-order valence-electron chi connectivity index (χ0n) is 14.6. The van der Waals surface area contributed by atoms with Crippen LogP contribution >= 0.6 is 0 Å². The summed E-state index contributed by atoms with van der Waals surface area (Å²) in [6.07, 6.45) is 0.363. The van der Waals surface area contributed by atoms with Crippen molar-refractivity contribution in [3.63, 3.8) is 0 Å². The van der Waals surface area contributed by atoms with Crippen molar-refractivity contribution in [3.05, 3.63) is 53.4 Å². The predicted octanol–water partition coefficient (Wildman–Crippen LogP) is 2.03. The highest BCUT2D eigenvalue weighted by Gasteiger charge is 2.22. The average Bonchev–Trinajstić information content (AvgIpc) is 2.99. The first kappa shape index (κ1) is 18.9. The molecule has 0 bridgehead atoms. The second-order valence-electron chi connectivity index (χ2n) is 5.51. The average molecular weight is 357 g/mol. The third-order valence-corrected chi connectivity index (χ3v) is 3.17. The van der Waals surface area contributed by atoms with Crippen LogP contribution in [0.3, 0.4) is 0 Å². The van der Waals surface area contributed by atoms with Gasteiger partial charge in [-0.05, 0) is 25.5 Å². The molecule has 0 fully saturated rings. The SMILES string of the molecule is CC(=O)N/C(=C\c1ccccc1)C(=O)O[C@H](C)C(=O)Nc1cc(C)on1. The molecule has 26 heavy (non-hydrogen) atoms. The summed E-state index contributed by atoms with van der Waals surface area (Å²) >= 11 is 0. The fourth-order valence-corrected chi connectivity index (χ4v) is 1.98. The van der Waals surface area contributed by atoms with Gasteiger partial charge in [-0.2, -0.15) is 0 Å². The van der Waals surface area contributed by atoms with Crippen LogP contribution in [-0.4, -0.2) is 29.0 Å². The van der Waals surface area contributed by atoms with E-state index in [9.17, 15) is 14.4 Å². The second kappa shape index (κ2) is 8.61. The number of rotatable bonds is 6. The van der Waals surface area contributed by atoms with Gasteiger partial charge < -0.3 is 19.9 Å². The summed E-state index contributed by atoms with van der Waals surface area (Å²) in [7, 11) is 0. The van der Waals surface area contributed by atoms with Gasteiger partial charge in [-0.15, -0.1) is 0 Å². The minimum Gasteiger partial charge on any atom is -0.448 e. The molecular formula is C18H19N3O5. The summed E-state index contributed by atoms with van der Waals surface area (Å²) in [4.78, 5) is 35.8. The van der Waals surface area contributed by atoms with Crippen LogP contribution in [0.25, 0.3) is 6.08 Å². The number of nitrogens with one attached hydrogen (secondary N) is 2. The van der Waals surface area contributed by atoms with Gasteiger partial charge in [0.1, 0.15) is 11.5 Å². The summed E-state index contributed by atoms with van der Waals surface area (Å²) in [5.41, 5.74) is 0.629. The summed E-state index contributed by atoms with van der Waals surface area (Å²) < 4.78 is 9.98. The fourth-order valence-electron chi connectivity index (χ4n) is 1.98. The van der Waals surface area contributed by atoms with Gasteiger partial charge in [0.15, 0.2) is 11.9 Å². The Balaban J connectivity index is 2.06. The topological polar surface area (TPSA) is 111 Å². The van der Waals surface area contributed by atoms with Gasteiger partial charge in [0, 0.05) is 13.0 Å². The third-order valence-electron chi connectivity index (χ3n) is 3.17. The molecule has 8 heteroatoms. The van der Waals surface area contributed by atoms with Crippen LogP contribution in [0.4, 0.5) is 5.82 Å². The molecule has 1 aromatic carbocycles. The van der Waals surface area contributed by atoms with Crippen molar-refractivity contribution < 1.29 is 23.6 Å². The largest absolute Gasteiger partial charge is 0.448 e. The van der Waals surface area contributed by atoms with Crippen LogP contribution < -0.4 is 10.6 Å². The minimum atomic E-state index is -1.10. The lowest BCUT2D eigenvalue weighted by atomic mass is 10.2. The zero-order valence-corrected chi connectivity index (χ0v) is 14.6. The lowest BCUT2D eigenvalue weighted by Gasteiger charge is -2.14. The van der Waals surface area contributed by atoms with Gasteiger partial charge in [0.25, 0.3) is 5.91 Å². The number of carbonyl (C=O) groups is 3. The molecule has 0 saturated carbocycles. The van der Waals surface area contributed by atoms with E-state index in [2.05, 4.69) is 15.8 Å². The van der Waals surface area contributed by atoms with Gasteiger partial charge in [-0.3, -0.25) is 9.59 Å². The number of aromatic nitrogens is 1. The van der Waals surface area contributed by atoms with Crippen molar-refractivity contribution in [1.29, 1.82) is 0 Å². The maximum atomic E-state index is 12.3. The number of hydrogen-bond donors (Lipinski definition) is 2. The molecule has 8 nitrogen and oxygen atoms in total. The van der Waals surface area contributed by atoms with Crippen LogP contribution in [0.1, 0.15) is 25.2 Å². The van der Waals surface area contributed by atoms with E-state index in [1.165, 1.54) is 26.0 Å². The van der Waals surface area contributed by atoms with Gasteiger partial charge >= 0.3 is 5.97 Å². The van der Waals surface area contributed by atoms with Crippen LogP contribution in [-0.2, 0) is 19.1 Å². The lowest BCUT2D eigenvalue weighted by Crippen LogP contribution is -2.33. The Hall–Kier alpha value is -3.42. The summed E-state index contributed by atoms with van der Waals surface area (Å²) in [5, 5.41) is 8.52. The monoisotopic (exact) mass is 357 g/mol. The molecule has 1 aromatic heterocycles. The Labute approximate surface area is 150 Å². The summed E-state index contributed by atoms with van der Waals surface area (Å²) in [5.74, 6) is -1.09. The Kier molecular flexibility index (Phi) is 6.26. The van der Waals surface area contributed by atoms with Crippen LogP contribution in [0, 0.1) is 6.92 Å². The molecule has 2 rings (SSSR count). The smallest absolute Gasteiger partial charge is 0.355 e. The van der Waals surface area contributed by atoms with E-state index >= 15 is 0 Å². The number of hydrogen-bond acceptors (Lipinski definition) is 6. The van der Waals surface area contributed by atoms with E-state index in [0.29, 0.717) is 11.3 Å². The Morgan fingerprint density at radius 2 is 1.92 bits per heavy atom. The standard InChI is InChI=1S/C18H19N3O5/c1-11-9-16(21-26-11)20-17(23)12(2)25-18(24)15(19-13(3)22)10-14-7-5-4-6-8-14/h4-10,12H,1-3H3,(H,19,22)(H,20,21,23)/b15-10-/t12-/m1/s1. The van der Waals surface area contributed by atoms with E-state index in [-0.39, 0.29) is 11.5 Å². The van der Waals surface area contributed by atoms with Gasteiger partial charge in [-0.25, -0.2) is 4.79 Å². The molecule has 0 aliphatic heterocycles. The number of benzene rings is 1. The fraction of sp³-hybridized carbons (Fsp3) is 0.222. The van der Waals surface area contributed by atoms with Crippen molar-refractivity contribution in [1.82, 2.24) is 10.5 Å². The van der Waals surface area contributed by atoms with E-state index < -0.39 is 23.9 Å². The zero-order chi connectivity index (χ0) is 19.1. The lowest BCUT2D eigenvalue weighted by molar-refractivity contribution is -0.149. The van der Waals surface area contributed by atoms with Crippen LogP contribution in [0.2, 0.25) is 0 Å². The van der Waals surface area contributed by atoms with E-state index in [1.807, 2.05) is 6.07 Å². The number of aryl methyl sites for hydroxylation is 1. The summed E-state index contributed by atoms with van der Waals surface area (Å²) in [6.45, 7) is 4.36. The molecule has 2 aromatic rings. The number of ether oxygens (including phenoxy) is 1. The molecule has 136 valence electrons. The van der Waals surface area contributed by atoms with Gasteiger partial charge in [0.05, 0.1) is 0 Å². The minimum absolute atomic E-state index is 0.0689. The maximum Gasteiger partial charge on any atom is 0.355 e. The Morgan fingerprint density at radius 3 is 2.50 bits per heavy atom. The van der Waals surface area contributed by atoms with Crippen LogP contribution in [0.5, 0.6) is 0 Å². The highest BCUT2D eigenvalue weighted by Crippen LogP contribution is 2.10. The highest BCUT2D eigenvalue weighted by molar-refractivity contribution is 6.00. The normalized spacial score (nSPS) is 12.2. The Bertz CT molecular complexity index is 826. The van der Waals surface area contributed by atoms with Crippen molar-refractivity contribution in [2.45, 2.75) is 26.9 Å². The number of nitrogens with zero attached hydrogens (tertiary/aromatic N) is 1. The molecule has 0 saturated heterocycles. The first-order chi connectivity index (χ1) is 12.3. The third kappa shape index (κ3) is 5.59. The number of anilines is 1. The van der Waals surface area contributed by atoms with E-state index in [4.69, 9.17) is 9.26 Å². The molecule has 0 aliphatic carbocycles. The van der Waals surface area contributed by atoms with Gasteiger partial charge in [0.2, 0.25) is 5.91 Å². The quantitative estimate of drug-likeness (QED) is 0.604. The predicted molar refractivity (Wildman–Crippen MR) is 93.7 cm³/mol. The van der Waals surface area contributed by atoms with Crippen LogP contribution in [0.15, 0.2) is 46.6 Å². The Morgan fingerprint density at radius 1 is 1.23 bits per heavy atom. The molecular weight excluding hydrogens is 338 g/mol. The number of esters is 1. The maximum absolute atomic E-state index is 12.3. The molecule has 0 spiro atoms. The molecule has 1 atom stereocenters. The molecule has 0 unspecified atom stereocenters. The second-order valence-corrected chi connectivity index (χ2v) is 5.51. The first-order valence-corrected chi connectivity index (χ1v) is 7.84. The van der Waals surface area contributed by atoms with Crippen molar-refractivity contribution in [2.24, 2.45) is 0 Å². The first-order valence-electron chi connectivity index (χ1n) is 7.84. The van der Waals surface area contributed by atoms with Gasteiger partial charge in [-0.1, -0.05) is 35.5 Å². The molecule has 0 aliphatic rings. The molecule has 2 N–H and O–H groups in total. The number of amides is 2. The molecule has 1 heterocycles. The highest BCUT2D eigenvalue weighted by atomic mass is 16.5. The van der Waals surface area contributed by atoms with E-state index in [0.717, 1.165) is 0 Å². The summed E-state index contributed by atoms with van der Waals surface area (Å²) in [6, 6.07) is 10.5. The number of carbonyl (C=O) groups excluding carboxylic acids is 3. The van der Waals surface area contributed by atoms with Crippen molar-refractivity contribution in [2.75, 3.05) is 5.32 Å². The van der Waals surface area contributed by atoms with Crippen molar-refractivity contribution in [3.8, 4) is 0 Å². The molecule has 2 amide bonds. The van der Waals surface area contributed by atoms with E-state index in [1.54, 1.807) is 31.2 Å². The van der Waals surface area contributed by atoms with Crippen molar-refractivity contribution >= 4 is 29.7 Å².